The molecule has 0 saturated heterocycles. The number of aromatic nitrogens is 1. The third-order valence-electron chi connectivity index (χ3n) is 2.79. The molecule has 1 aromatic carbocycles. The van der Waals surface area contributed by atoms with Crippen molar-refractivity contribution in [2.75, 3.05) is 0 Å². The van der Waals surface area contributed by atoms with Crippen LogP contribution in [0.5, 0.6) is 0 Å². The van der Waals surface area contributed by atoms with Crippen LogP contribution in [0.2, 0.25) is 5.02 Å². The van der Waals surface area contributed by atoms with Gasteiger partial charge in [0.05, 0.1) is 11.3 Å². The quantitative estimate of drug-likeness (QED) is 0.790. The van der Waals surface area contributed by atoms with Crippen molar-refractivity contribution in [2.45, 2.75) is 13.0 Å². The SMILES string of the molecule is CC1C=C(c2csc(-c3ccc(Cl)cc3)n2)C(=O)O1. The number of nitrogens with zero attached hydrogens (tertiary/aromatic N) is 1. The van der Waals surface area contributed by atoms with E-state index in [-0.39, 0.29) is 12.1 Å². The molecule has 1 aliphatic rings. The Morgan fingerprint density at radius 3 is 2.68 bits per heavy atom. The zero-order valence-corrected chi connectivity index (χ0v) is 11.7. The van der Waals surface area contributed by atoms with E-state index in [1.54, 1.807) is 6.08 Å². The Bertz CT molecular complexity index is 660. The van der Waals surface area contributed by atoms with Crippen molar-refractivity contribution in [3.05, 3.63) is 46.4 Å². The summed E-state index contributed by atoms with van der Waals surface area (Å²) in [6.07, 6.45) is 1.62. The van der Waals surface area contributed by atoms with Crippen molar-refractivity contribution in [1.82, 2.24) is 4.98 Å². The van der Waals surface area contributed by atoms with E-state index < -0.39 is 0 Å². The fourth-order valence-corrected chi connectivity index (χ4v) is 2.83. The highest BCUT2D eigenvalue weighted by atomic mass is 35.5. The standard InChI is InChI=1S/C14H10ClNO2S/c1-8-6-11(14(17)18-8)12-7-19-13(16-12)9-2-4-10(15)5-3-9/h2-8H,1H3. The molecule has 0 bridgehead atoms. The normalized spacial score (nSPS) is 18.3. The summed E-state index contributed by atoms with van der Waals surface area (Å²) in [6, 6.07) is 7.47. The van der Waals surface area contributed by atoms with Crippen LogP contribution < -0.4 is 0 Å². The number of esters is 1. The average Bonchev–Trinajstić information content (AvgIpc) is 2.97. The van der Waals surface area contributed by atoms with Crippen LogP contribution in [0, 0.1) is 0 Å². The van der Waals surface area contributed by atoms with Gasteiger partial charge in [-0.1, -0.05) is 23.7 Å². The zero-order valence-electron chi connectivity index (χ0n) is 10.1. The molecule has 19 heavy (non-hydrogen) atoms. The molecule has 0 N–H and O–H groups in total. The van der Waals surface area contributed by atoms with E-state index >= 15 is 0 Å². The van der Waals surface area contributed by atoms with Crippen molar-refractivity contribution < 1.29 is 9.53 Å². The van der Waals surface area contributed by atoms with Crippen molar-refractivity contribution in [2.24, 2.45) is 0 Å². The summed E-state index contributed by atoms with van der Waals surface area (Å²) >= 11 is 7.35. The monoisotopic (exact) mass is 291 g/mol. The lowest BCUT2D eigenvalue weighted by Gasteiger charge is -1.97. The van der Waals surface area contributed by atoms with Gasteiger partial charge >= 0.3 is 5.97 Å². The second-order valence-corrected chi connectivity index (χ2v) is 5.53. The maximum atomic E-state index is 11.6. The number of rotatable bonds is 2. The second kappa shape index (κ2) is 4.79. The summed E-state index contributed by atoms with van der Waals surface area (Å²) in [4.78, 5) is 16.1. The summed E-state index contributed by atoms with van der Waals surface area (Å²) in [7, 11) is 0. The molecule has 0 fully saturated rings. The highest BCUT2D eigenvalue weighted by molar-refractivity contribution is 7.13. The Labute approximate surface area is 119 Å². The van der Waals surface area contributed by atoms with Gasteiger partial charge in [-0.3, -0.25) is 0 Å². The van der Waals surface area contributed by atoms with E-state index in [0.29, 0.717) is 16.3 Å². The second-order valence-electron chi connectivity index (χ2n) is 4.24. The number of benzene rings is 1. The molecule has 3 rings (SSSR count). The molecular weight excluding hydrogens is 282 g/mol. The predicted octanol–water partition coefficient (Wildman–Crippen LogP) is 3.79. The summed E-state index contributed by atoms with van der Waals surface area (Å²) in [6.45, 7) is 1.83. The van der Waals surface area contributed by atoms with Gasteiger partial charge in [-0.05, 0) is 25.1 Å². The van der Waals surface area contributed by atoms with Gasteiger partial charge in [0, 0.05) is 16.0 Å². The van der Waals surface area contributed by atoms with Crippen LogP contribution >= 0.6 is 22.9 Å². The molecule has 96 valence electrons. The molecule has 2 heterocycles. The molecule has 1 aromatic heterocycles. The Morgan fingerprint density at radius 1 is 1.32 bits per heavy atom. The minimum absolute atomic E-state index is 0.178. The van der Waals surface area contributed by atoms with Gasteiger partial charge < -0.3 is 4.74 Å². The first-order chi connectivity index (χ1) is 9.13. The largest absolute Gasteiger partial charge is 0.455 e. The average molecular weight is 292 g/mol. The van der Waals surface area contributed by atoms with E-state index in [2.05, 4.69) is 4.98 Å². The van der Waals surface area contributed by atoms with Crippen LogP contribution in [-0.2, 0) is 9.53 Å². The summed E-state index contributed by atoms with van der Waals surface area (Å²) in [5.41, 5.74) is 2.20. The Balaban J connectivity index is 1.94. The molecule has 0 spiro atoms. The third-order valence-corrected chi connectivity index (χ3v) is 3.93. The molecule has 3 nitrogen and oxygen atoms in total. The number of halogens is 1. The van der Waals surface area contributed by atoms with Gasteiger partial charge in [0.1, 0.15) is 11.1 Å². The first kappa shape index (κ1) is 12.4. The highest BCUT2D eigenvalue weighted by Gasteiger charge is 2.25. The fourth-order valence-electron chi connectivity index (χ4n) is 1.88. The summed E-state index contributed by atoms with van der Waals surface area (Å²) in [5.74, 6) is -0.305. The van der Waals surface area contributed by atoms with Gasteiger partial charge in [0.15, 0.2) is 0 Å². The van der Waals surface area contributed by atoms with Crippen LogP contribution in [-0.4, -0.2) is 17.1 Å². The lowest BCUT2D eigenvalue weighted by Crippen LogP contribution is -2.03. The number of thiazole rings is 1. The lowest BCUT2D eigenvalue weighted by molar-refractivity contribution is -0.137. The van der Waals surface area contributed by atoms with E-state index in [9.17, 15) is 4.79 Å². The van der Waals surface area contributed by atoms with Crippen molar-refractivity contribution in [3.8, 4) is 10.6 Å². The Morgan fingerprint density at radius 2 is 2.05 bits per heavy atom. The maximum absolute atomic E-state index is 11.6. The first-order valence-corrected chi connectivity index (χ1v) is 7.04. The fraction of sp³-hybridized carbons (Fsp3) is 0.143. The number of carbonyl (C=O) groups is 1. The number of hydrogen-bond donors (Lipinski definition) is 0. The van der Waals surface area contributed by atoms with Gasteiger partial charge in [-0.2, -0.15) is 0 Å². The topological polar surface area (TPSA) is 39.2 Å². The molecule has 0 saturated carbocycles. The van der Waals surface area contributed by atoms with Crippen LogP contribution in [0.1, 0.15) is 12.6 Å². The zero-order chi connectivity index (χ0) is 13.4. The van der Waals surface area contributed by atoms with Gasteiger partial charge in [-0.15, -0.1) is 11.3 Å². The van der Waals surface area contributed by atoms with Crippen LogP contribution in [0.25, 0.3) is 16.1 Å². The van der Waals surface area contributed by atoms with E-state index in [1.165, 1.54) is 11.3 Å². The lowest BCUT2D eigenvalue weighted by atomic mass is 10.2. The third kappa shape index (κ3) is 2.41. The Hall–Kier alpha value is -1.65. The van der Waals surface area contributed by atoms with E-state index in [4.69, 9.17) is 16.3 Å². The van der Waals surface area contributed by atoms with E-state index in [0.717, 1.165) is 10.6 Å². The highest BCUT2D eigenvalue weighted by Crippen LogP contribution is 2.30. The number of cyclic esters (lactones) is 1. The van der Waals surface area contributed by atoms with Crippen LogP contribution in [0.15, 0.2) is 35.7 Å². The van der Waals surface area contributed by atoms with E-state index in [1.807, 2.05) is 36.6 Å². The van der Waals surface area contributed by atoms with Gasteiger partial charge in [0.25, 0.3) is 0 Å². The molecular formula is C14H10ClNO2S. The molecule has 0 radical (unpaired) electrons. The summed E-state index contributed by atoms with van der Waals surface area (Å²) in [5, 5.41) is 3.42. The van der Waals surface area contributed by atoms with Crippen molar-refractivity contribution >= 4 is 34.5 Å². The van der Waals surface area contributed by atoms with Crippen LogP contribution in [0.3, 0.4) is 0 Å². The van der Waals surface area contributed by atoms with Crippen molar-refractivity contribution in [1.29, 1.82) is 0 Å². The molecule has 0 amide bonds. The molecule has 5 heteroatoms. The first-order valence-electron chi connectivity index (χ1n) is 5.78. The molecule has 1 aliphatic heterocycles. The molecule has 2 aromatic rings. The minimum atomic E-state index is -0.305. The predicted molar refractivity (Wildman–Crippen MR) is 76.1 cm³/mol. The maximum Gasteiger partial charge on any atom is 0.340 e. The van der Waals surface area contributed by atoms with Crippen molar-refractivity contribution in [3.63, 3.8) is 0 Å². The number of carbonyl (C=O) groups excluding carboxylic acids is 1. The smallest absolute Gasteiger partial charge is 0.340 e. The number of ether oxygens (including phenoxy) is 1. The molecule has 1 atom stereocenters. The van der Waals surface area contributed by atoms with Crippen LogP contribution in [0.4, 0.5) is 0 Å². The Kier molecular flexibility index (Phi) is 3.12. The summed E-state index contributed by atoms with van der Waals surface area (Å²) < 4.78 is 5.07. The van der Waals surface area contributed by atoms with Gasteiger partial charge in [-0.25, -0.2) is 9.78 Å². The molecule has 0 aliphatic carbocycles. The number of hydrogen-bond acceptors (Lipinski definition) is 4. The minimum Gasteiger partial charge on any atom is -0.455 e. The molecule has 1 unspecified atom stereocenters. The van der Waals surface area contributed by atoms with Gasteiger partial charge in [0.2, 0.25) is 0 Å².